The number of hydrogen-bond acceptors (Lipinski definition) is 4. The van der Waals surface area contributed by atoms with Crippen molar-refractivity contribution in [3.63, 3.8) is 0 Å². The number of rotatable bonds is 4. The molecule has 0 amide bonds. The van der Waals surface area contributed by atoms with Crippen molar-refractivity contribution < 1.29 is 0 Å². The van der Waals surface area contributed by atoms with Gasteiger partial charge in [0.1, 0.15) is 10.8 Å². The Morgan fingerprint density at radius 1 is 1.11 bits per heavy atom. The van der Waals surface area contributed by atoms with Crippen LogP contribution in [0, 0.1) is 0 Å². The Morgan fingerprint density at radius 2 is 1.83 bits per heavy atom. The number of thioether (sulfide) groups is 1. The van der Waals surface area contributed by atoms with Crippen molar-refractivity contribution >= 4 is 17.6 Å². The first kappa shape index (κ1) is 12.9. The first-order chi connectivity index (χ1) is 8.69. The van der Waals surface area contributed by atoms with E-state index in [1.54, 1.807) is 11.8 Å². The summed E-state index contributed by atoms with van der Waals surface area (Å²) in [6.45, 7) is 4.32. The summed E-state index contributed by atoms with van der Waals surface area (Å²) in [5.74, 6) is 1.62. The molecule has 0 spiro atoms. The van der Waals surface area contributed by atoms with E-state index in [0.29, 0.717) is 5.25 Å². The SMILES string of the molecule is CNc1cc(SC(C)C)nc(-c2ccccc2)n1. The molecule has 3 nitrogen and oxygen atoms in total. The zero-order valence-corrected chi connectivity index (χ0v) is 11.7. The largest absolute Gasteiger partial charge is 0.373 e. The third-order valence-electron chi connectivity index (χ3n) is 2.35. The zero-order valence-electron chi connectivity index (χ0n) is 10.8. The van der Waals surface area contributed by atoms with Crippen molar-refractivity contribution in [3.8, 4) is 11.4 Å². The molecule has 94 valence electrons. The molecule has 0 aliphatic heterocycles. The molecule has 1 aromatic carbocycles. The van der Waals surface area contributed by atoms with Crippen LogP contribution in [0.2, 0.25) is 0 Å². The van der Waals surface area contributed by atoms with Gasteiger partial charge in [-0.25, -0.2) is 9.97 Å². The van der Waals surface area contributed by atoms with E-state index in [2.05, 4.69) is 29.1 Å². The predicted molar refractivity (Wildman–Crippen MR) is 78.0 cm³/mol. The molecule has 0 aliphatic carbocycles. The van der Waals surface area contributed by atoms with Gasteiger partial charge < -0.3 is 5.32 Å². The summed E-state index contributed by atoms with van der Waals surface area (Å²) in [7, 11) is 1.88. The molecule has 2 rings (SSSR count). The summed E-state index contributed by atoms with van der Waals surface area (Å²) in [5.41, 5.74) is 1.04. The molecule has 1 heterocycles. The fourth-order valence-electron chi connectivity index (χ4n) is 1.57. The molecule has 0 saturated carbocycles. The Labute approximate surface area is 112 Å². The molecule has 0 radical (unpaired) electrons. The quantitative estimate of drug-likeness (QED) is 0.671. The van der Waals surface area contributed by atoms with Crippen molar-refractivity contribution in [1.29, 1.82) is 0 Å². The number of nitrogens with zero attached hydrogens (tertiary/aromatic N) is 2. The van der Waals surface area contributed by atoms with E-state index in [0.717, 1.165) is 22.2 Å². The van der Waals surface area contributed by atoms with Gasteiger partial charge in [0.2, 0.25) is 0 Å². The van der Waals surface area contributed by atoms with Gasteiger partial charge in [0.25, 0.3) is 0 Å². The molecular weight excluding hydrogens is 242 g/mol. The molecule has 0 atom stereocenters. The highest BCUT2D eigenvalue weighted by molar-refractivity contribution is 7.99. The van der Waals surface area contributed by atoms with Crippen LogP contribution in [0.5, 0.6) is 0 Å². The van der Waals surface area contributed by atoms with Gasteiger partial charge in [-0.3, -0.25) is 0 Å². The lowest BCUT2D eigenvalue weighted by Gasteiger charge is -2.09. The van der Waals surface area contributed by atoms with Crippen LogP contribution >= 0.6 is 11.8 Å². The van der Waals surface area contributed by atoms with Gasteiger partial charge in [0.15, 0.2) is 5.82 Å². The Kier molecular flexibility index (Phi) is 4.20. The molecule has 2 aromatic rings. The van der Waals surface area contributed by atoms with E-state index < -0.39 is 0 Å². The average Bonchev–Trinajstić information content (AvgIpc) is 2.38. The first-order valence-corrected chi connectivity index (χ1v) is 6.86. The summed E-state index contributed by atoms with van der Waals surface area (Å²) in [5, 5.41) is 4.60. The van der Waals surface area contributed by atoms with Crippen molar-refractivity contribution in [2.24, 2.45) is 0 Å². The molecule has 0 saturated heterocycles. The van der Waals surface area contributed by atoms with Crippen molar-refractivity contribution in [3.05, 3.63) is 36.4 Å². The maximum absolute atomic E-state index is 4.60. The Morgan fingerprint density at radius 3 is 2.44 bits per heavy atom. The molecule has 0 bridgehead atoms. The van der Waals surface area contributed by atoms with Gasteiger partial charge in [-0.2, -0.15) is 0 Å². The number of benzene rings is 1. The smallest absolute Gasteiger partial charge is 0.162 e. The lowest BCUT2D eigenvalue weighted by atomic mass is 10.2. The summed E-state index contributed by atoms with van der Waals surface area (Å²) in [6, 6.07) is 12.0. The molecule has 4 heteroatoms. The van der Waals surface area contributed by atoms with Crippen molar-refractivity contribution in [2.45, 2.75) is 24.1 Å². The molecule has 18 heavy (non-hydrogen) atoms. The fourth-order valence-corrected chi connectivity index (χ4v) is 2.37. The second kappa shape index (κ2) is 5.87. The van der Waals surface area contributed by atoms with Crippen LogP contribution in [0.15, 0.2) is 41.4 Å². The molecular formula is C14H17N3S. The standard InChI is InChI=1S/C14H17N3S/c1-10(2)18-13-9-12(15-3)16-14(17-13)11-7-5-4-6-8-11/h4-10H,1-3H3,(H,15,16,17). The van der Waals surface area contributed by atoms with Gasteiger partial charge in [-0.15, -0.1) is 11.8 Å². The van der Waals surface area contributed by atoms with Crippen molar-refractivity contribution in [2.75, 3.05) is 12.4 Å². The fraction of sp³-hybridized carbons (Fsp3) is 0.286. The zero-order chi connectivity index (χ0) is 13.0. The van der Waals surface area contributed by atoms with Crippen LogP contribution in [0.4, 0.5) is 5.82 Å². The van der Waals surface area contributed by atoms with E-state index >= 15 is 0 Å². The van der Waals surface area contributed by atoms with E-state index in [-0.39, 0.29) is 0 Å². The lowest BCUT2D eigenvalue weighted by Crippen LogP contribution is -1.99. The minimum Gasteiger partial charge on any atom is -0.373 e. The number of aromatic nitrogens is 2. The van der Waals surface area contributed by atoms with Gasteiger partial charge in [-0.05, 0) is 0 Å². The number of anilines is 1. The van der Waals surface area contributed by atoms with E-state index in [4.69, 9.17) is 0 Å². The van der Waals surface area contributed by atoms with Crippen LogP contribution in [0.25, 0.3) is 11.4 Å². The van der Waals surface area contributed by atoms with Crippen LogP contribution < -0.4 is 5.32 Å². The molecule has 1 N–H and O–H groups in total. The maximum atomic E-state index is 4.60. The average molecular weight is 259 g/mol. The third kappa shape index (κ3) is 3.23. The van der Waals surface area contributed by atoms with E-state index in [9.17, 15) is 0 Å². The van der Waals surface area contributed by atoms with Gasteiger partial charge >= 0.3 is 0 Å². The normalized spacial score (nSPS) is 10.7. The minimum atomic E-state index is 0.508. The second-order valence-electron chi connectivity index (χ2n) is 4.20. The van der Waals surface area contributed by atoms with E-state index in [1.807, 2.05) is 43.4 Å². The minimum absolute atomic E-state index is 0.508. The van der Waals surface area contributed by atoms with Crippen molar-refractivity contribution in [1.82, 2.24) is 9.97 Å². The Bertz CT molecular complexity index is 512. The third-order valence-corrected chi connectivity index (χ3v) is 3.27. The van der Waals surface area contributed by atoms with Crippen LogP contribution in [0.3, 0.4) is 0 Å². The van der Waals surface area contributed by atoms with Gasteiger partial charge in [0, 0.05) is 23.9 Å². The Balaban J connectivity index is 2.41. The van der Waals surface area contributed by atoms with Crippen LogP contribution in [-0.4, -0.2) is 22.3 Å². The number of nitrogens with one attached hydrogen (secondary N) is 1. The maximum Gasteiger partial charge on any atom is 0.162 e. The predicted octanol–water partition coefficient (Wildman–Crippen LogP) is 3.69. The highest BCUT2D eigenvalue weighted by Gasteiger charge is 2.07. The Hall–Kier alpha value is -1.55. The van der Waals surface area contributed by atoms with Crippen LogP contribution in [0.1, 0.15) is 13.8 Å². The van der Waals surface area contributed by atoms with Gasteiger partial charge in [-0.1, -0.05) is 44.2 Å². The van der Waals surface area contributed by atoms with E-state index in [1.165, 1.54) is 0 Å². The second-order valence-corrected chi connectivity index (χ2v) is 5.79. The lowest BCUT2D eigenvalue weighted by molar-refractivity contribution is 1.03. The van der Waals surface area contributed by atoms with Gasteiger partial charge in [0.05, 0.1) is 0 Å². The monoisotopic (exact) mass is 259 g/mol. The highest BCUT2D eigenvalue weighted by atomic mass is 32.2. The topological polar surface area (TPSA) is 37.8 Å². The molecule has 0 aliphatic rings. The number of hydrogen-bond donors (Lipinski definition) is 1. The van der Waals surface area contributed by atoms with Crippen LogP contribution in [-0.2, 0) is 0 Å². The highest BCUT2D eigenvalue weighted by Crippen LogP contribution is 2.25. The molecule has 1 aromatic heterocycles. The molecule has 0 unspecified atom stereocenters. The summed E-state index contributed by atoms with van der Waals surface area (Å²) in [6.07, 6.45) is 0. The molecule has 0 fully saturated rings. The summed E-state index contributed by atoms with van der Waals surface area (Å²) >= 11 is 1.75. The summed E-state index contributed by atoms with van der Waals surface area (Å²) < 4.78 is 0. The summed E-state index contributed by atoms with van der Waals surface area (Å²) in [4.78, 5) is 9.10. The first-order valence-electron chi connectivity index (χ1n) is 5.98.